The van der Waals surface area contributed by atoms with Gasteiger partial charge in [-0.15, -0.1) is 0 Å². The standard InChI is InChI=1S/C24H18ClN5O2S/c1-15-4-6-16(7-5-15)12-30-23(32)19-3-2-10-26-22(19)28-24(30)33-14-18-11-21(31)29-13-17(25)8-9-20(29)27-18/h2-11,13H,12,14H2,1H3. The van der Waals surface area contributed by atoms with Crippen LogP contribution in [0.1, 0.15) is 16.8 Å². The van der Waals surface area contributed by atoms with Crippen molar-refractivity contribution in [2.24, 2.45) is 0 Å². The number of aromatic nitrogens is 5. The number of aryl methyl sites for hydroxylation is 1. The first-order chi connectivity index (χ1) is 16.0. The van der Waals surface area contributed by atoms with Crippen LogP contribution in [0.25, 0.3) is 16.7 Å². The summed E-state index contributed by atoms with van der Waals surface area (Å²) in [4.78, 5) is 39.2. The van der Waals surface area contributed by atoms with E-state index in [1.807, 2.05) is 31.2 Å². The normalized spacial score (nSPS) is 11.3. The molecule has 0 aliphatic carbocycles. The molecule has 4 heterocycles. The van der Waals surface area contributed by atoms with Crippen LogP contribution < -0.4 is 11.1 Å². The highest BCUT2D eigenvalue weighted by atomic mass is 35.5. The fourth-order valence-corrected chi connectivity index (χ4v) is 4.54. The van der Waals surface area contributed by atoms with E-state index in [1.54, 1.807) is 41.2 Å². The minimum atomic E-state index is -0.219. The molecule has 0 bridgehead atoms. The summed E-state index contributed by atoms with van der Waals surface area (Å²) >= 11 is 7.34. The number of hydrogen-bond acceptors (Lipinski definition) is 6. The largest absolute Gasteiger partial charge is 0.282 e. The Hall–Kier alpha value is -3.49. The second-order valence-corrected chi connectivity index (χ2v) is 8.97. The fourth-order valence-electron chi connectivity index (χ4n) is 3.50. The zero-order chi connectivity index (χ0) is 22.9. The zero-order valence-corrected chi connectivity index (χ0v) is 19.2. The molecule has 0 amide bonds. The highest BCUT2D eigenvalue weighted by Gasteiger charge is 2.14. The van der Waals surface area contributed by atoms with Crippen LogP contribution in [0.15, 0.2) is 81.7 Å². The zero-order valence-electron chi connectivity index (χ0n) is 17.6. The van der Waals surface area contributed by atoms with Crippen molar-refractivity contribution in [1.29, 1.82) is 0 Å². The van der Waals surface area contributed by atoms with E-state index < -0.39 is 0 Å². The Bertz CT molecular complexity index is 1610. The Morgan fingerprint density at radius 1 is 1.03 bits per heavy atom. The summed E-state index contributed by atoms with van der Waals surface area (Å²) in [6.07, 6.45) is 3.16. The van der Waals surface area contributed by atoms with Gasteiger partial charge in [0.2, 0.25) is 0 Å². The first-order valence-corrected chi connectivity index (χ1v) is 11.6. The van der Waals surface area contributed by atoms with Crippen LogP contribution in [-0.4, -0.2) is 23.9 Å². The van der Waals surface area contributed by atoms with Gasteiger partial charge in [-0.3, -0.25) is 18.6 Å². The fraction of sp³-hybridized carbons (Fsp3) is 0.125. The molecular formula is C24H18ClN5O2S. The second kappa shape index (κ2) is 8.80. The van der Waals surface area contributed by atoms with Crippen LogP contribution in [0, 0.1) is 6.92 Å². The molecule has 7 nitrogen and oxygen atoms in total. The molecule has 0 saturated carbocycles. The van der Waals surface area contributed by atoms with Crippen molar-refractivity contribution in [3.05, 3.63) is 110 Å². The molecule has 0 saturated heterocycles. The molecule has 5 aromatic rings. The van der Waals surface area contributed by atoms with E-state index >= 15 is 0 Å². The number of pyridine rings is 2. The SMILES string of the molecule is Cc1ccc(Cn2c(SCc3cc(=O)n4cc(Cl)ccc4n3)nc3ncccc3c2=O)cc1. The lowest BCUT2D eigenvalue weighted by Crippen LogP contribution is -2.24. The highest BCUT2D eigenvalue weighted by Crippen LogP contribution is 2.22. The third-order valence-electron chi connectivity index (χ3n) is 5.18. The third-order valence-corrected chi connectivity index (χ3v) is 6.42. The summed E-state index contributed by atoms with van der Waals surface area (Å²) in [7, 11) is 0. The maximum absolute atomic E-state index is 13.3. The van der Waals surface area contributed by atoms with Gasteiger partial charge in [-0.25, -0.2) is 15.0 Å². The molecule has 164 valence electrons. The minimum Gasteiger partial charge on any atom is -0.282 e. The molecule has 0 atom stereocenters. The average Bonchev–Trinajstić information content (AvgIpc) is 2.81. The van der Waals surface area contributed by atoms with Gasteiger partial charge in [-0.1, -0.05) is 53.2 Å². The van der Waals surface area contributed by atoms with Gasteiger partial charge in [0.05, 0.1) is 22.6 Å². The molecule has 0 aliphatic rings. The Morgan fingerprint density at radius 3 is 2.67 bits per heavy atom. The van der Waals surface area contributed by atoms with Gasteiger partial charge in [-0.05, 0) is 36.8 Å². The number of benzene rings is 1. The summed E-state index contributed by atoms with van der Waals surface area (Å²) in [5.74, 6) is 0.368. The van der Waals surface area contributed by atoms with Crippen molar-refractivity contribution in [3.8, 4) is 0 Å². The minimum absolute atomic E-state index is 0.155. The lowest BCUT2D eigenvalue weighted by Gasteiger charge is -2.13. The van der Waals surface area contributed by atoms with Gasteiger partial charge in [0.25, 0.3) is 11.1 Å². The van der Waals surface area contributed by atoms with Crippen molar-refractivity contribution < 1.29 is 0 Å². The van der Waals surface area contributed by atoms with E-state index in [9.17, 15) is 9.59 Å². The molecule has 1 aromatic carbocycles. The molecule has 0 unspecified atom stereocenters. The van der Waals surface area contributed by atoms with Crippen LogP contribution in [0.2, 0.25) is 5.02 Å². The van der Waals surface area contributed by atoms with Crippen LogP contribution >= 0.6 is 23.4 Å². The second-order valence-electron chi connectivity index (χ2n) is 7.60. The number of fused-ring (bicyclic) bond motifs is 2. The van der Waals surface area contributed by atoms with Gasteiger partial charge in [0, 0.05) is 24.2 Å². The summed E-state index contributed by atoms with van der Waals surface area (Å²) in [6, 6.07) is 16.4. The predicted molar refractivity (Wildman–Crippen MR) is 130 cm³/mol. The average molecular weight is 476 g/mol. The van der Waals surface area contributed by atoms with Crippen molar-refractivity contribution in [2.45, 2.75) is 24.4 Å². The lowest BCUT2D eigenvalue weighted by molar-refractivity contribution is 0.656. The number of nitrogens with zero attached hydrogens (tertiary/aromatic N) is 5. The first kappa shape index (κ1) is 21.4. The third kappa shape index (κ3) is 4.40. The smallest absolute Gasteiger partial charge is 0.263 e. The molecule has 0 radical (unpaired) electrons. The Labute approximate surface area is 197 Å². The predicted octanol–water partition coefficient (Wildman–Crippen LogP) is 4.10. The van der Waals surface area contributed by atoms with E-state index in [0.717, 1.165) is 11.1 Å². The maximum atomic E-state index is 13.3. The molecule has 0 fully saturated rings. The van der Waals surface area contributed by atoms with E-state index in [-0.39, 0.29) is 11.1 Å². The molecular weight excluding hydrogens is 458 g/mol. The van der Waals surface area contributed by atoms with E-state index in [4.69, 9.17) is 11.6 Å². The molecule has 4 aromatic heterocycles. The van der Waals surface area contributed by atoms with E-state index in [0.29, 0.717) is 44.9 Å². The van der Waals surface area contributed by atoms with Crippen LogP contribution in [0.5, 0.6) is 0 Å². The van der Waals surface area contributed by atoms with Crippen LogP contribution in [-0.2, 0) is 12.3 Å². The molecule has 9 heteroatoms. The molecule has 0 aliphatic heterocycles. The van der Waals surface area contributed by atoms with Crippen molar-refractivity contribution in [2.75, 3.05) is 0 Å². The monoisotopic (exact) mass is 475 g/mol. The first-order valence-electron chi connectivity index (χ1n) is 10.2. The van der Waals surface area contributed by atoms with Gasteiger partial charge in [0.1, 0.15) is 5.65 Å². The summed E-state index contributed by atoms with van der Waals surface area (Å²) in [5, 5.41) is 1.44. The van der Waals surface area contributed by atoms with E-state index in [2.05, 4.69) is 15.0 Å². The van der Waals surface area contributed by atoms with E-state index in [1.165, 1.54) is 22.2 Å². The van der Waals surface area contributed by atoms with Gasteiger partial charge in [0.15, 0.2) is 10.8 Å². The Morgan fingerprint density at radius 2 is 1.85 bits per heavy atom. The molecule has 0 spiro atoms. The highest BCUT2D eigenvalue weighted by molar-refractivity contribution is 7.98. The number of halogens is 1. The van der Waals surface area contributed by atoms with Crippen LogP contribution in [0.4, 0.5) is 0 Å². The van der Waals surface area contributed by atoms with Crippen molar-refractivity contribution >= 4 is 40.0 Å². The lowest BCUT2D eigenvalue weighted by atomic mass is 10.1. The quantitative estimate of drug-likeness (QED) is 0.281. The van der Waals surface area contributed by atoms with Crippen molar-refractivity contribution in [3.63, 3.8) is 0 Å². The van der Waals surface area contributed by atoms with Gasteiger partial charge in [-0.2, -0.15) is 0 Å². The molecule has 5 rings (SSSR count). The molecule has 33 heavy (non-hydrogen) atoms. The number of rotatable bonds is 5. The number of hydrogen-bond donors (Lipinski definition) is 0. The summed E-state index contributed by atoms with van der Waals surface area (Å²) in [5.41, 5.74) is 3.26. The summed E-state index contributed by atoms with van der Waals surface area (Å²) < 4.78 is 3.05. The maximum Gasteiger partial charge on any atom is 0.263 e. The Kier molecular flexibility index (Phi) is 5.70. The topological polar surface area (TPSA) is 82.2 Å². The van der Waals surface area contributed by atoms with Crippen molar-refractivity contribution in [1.82, 2.24) is 23.9 Å². The summed E-state index contributed by atoms with van der Waals surface area (Å²) in [6.45, 7) is 2.40. The Balaban J connectivity index is 1.53. The van der Waals surface area contributed by atoms with Crippen LogP contribution in [0.3, 0.4) is 0 Å². The number of thioether (sulfide) groups is 1. The van der Waals surface area contributed by atoms with Gasteiger partial charge < -0.3 is 0 Å². The van der Waals surface area contributed by atoms with Gasteiger partial charge >= 0.3 is 0 Å². The molecule has 0 N–H and O–H groups in total.